The first-order valence-electron chi connectivity index (χ1n) is 6.36. The van der Waals surface area contributed by atoms with Gasteiger partial charge in [0.2, 0.25) is 10.0 Å². The third-order valence-corrected chi connectivity index (χ3v) is 5.41. The molecule has 9 heteroatoms. The summed E-state index contributed by atoms with van der Waals surface area (Å²) in [6.07, 6.45) is 0. The zero-order valence-corrected chi connectivity index (χ0v) is 14.0. The zero-order valence-electron chi connectivity index (χ0n) is 11.6. The quantitative estimate of drug-likeness (QED) is 0.742. The molecule has 2 aromatic heterocycles. The number of nitrogens with zero attached hydrogens (tertiary/aromatic N) is 1. The van der Waals surface area contributed by atoms with E-state index in [0.717, 1.165) is 10.6 Å². The van der Waals surface area contributed by atoms with Crippen molar-refractivity contribution in [2.24, 2.45) is 5.14 Å². The molecule has 118 valence electrons. The number of rotatable bonds is 4. The Hall–Kier alpha value is -2.07. The fourth-order valence-electron chi connectivity index (χ4n) is 1.84. The van der Waals surface area contributed by atoms with Crippen molar-refractivity contribution >= 4 is 44.3 Å². The largest absolute Gasteiger partial charge is 0.321 e. The summed E-state index contributed by atoms with van der Waals surface area (Å²) in [5.41, 5.74) is 1.58. The number of sulfonamides is 1. The van der Waals surface area contributed by atoms with Gasteiger partial charge in [0.25, 0.3) is 5.91 Å². The molecule has 3 aromatic rings. The number of nitrogens with one attached hydrogen (secondary N) is 1. The Balaban J connectivity index is 1.80. The average molecular weight is 365 g/mol. The van der Waals surface area contributed by atoms with E-state index in [1.807, 2.05) is 16.8 Å². The second kappa shape index (κ2) is 6.20. The number of anilines is 1. The van der Waals surface area contributed by atoms with Crippen LogP contribution in [0.2, 0.25) is 0 Å². The molecule has 6 nitrogen and oxygen atoms in total. The van der Waals surface area contributed by atoms with Crippen molar-refractivity contribution in [1.29, 1.82) is 0 Å². The normalized spacial score (nSPS) is 11.3. The molecule has 0 saturated carbocycles. The van der Waals surface area contributed by atoms with Crippen LogP contribution in [0.25, 0.3) is 10.6 Å². The van der Waals surface area contributed by atoms with Gasteiger partial charge >= 0.3 is 0 Å². The minimum atomic E-state index is -3.81. The summed E-state index contributed by atoms with van der Waals surface area (Å²) in [6.45, 7) is 0. The first kappa shape index (κ1) is 15.8. The van der Waals surface area contributed by atoms with Gasteiger partial charge in [-0.15, -0.1) is 11.3 Å². The van der Waals surface area contributed by atoms with Crippen molar-refractivity contribution in [3.8, 4) is 10.6 Å². The van der Waals surface area contributed by atoms with Crippen molar-refractivity contribution in [2.75, 3.05) is 5.32 Å². The number of aromatic nitrogens is 1. The average Bonchev–Trinajstić information content (AvgIpc) is 3.18. The summed E-state index contributed by atoms with van der Waals surface area (Å²) in [5, 5.41) is 14.0. The van der Waals surface area contributed by atoms with Crippen LogP contribution in [0.3, 0.4) is 0 Å². The van der Waals surface area contributed by atoms with Crippen molar-refractivity contribution in [2.45, 2.75) is 4.90 Å². The third-order valence-electron chi connectivity index (χ3n) is 2.93. The van der Waals surface area contributed by atoms with Gasteiger partial charge in [0, 0.05) is 22.0 Å². The van der Waals surface area contributed by atoms with E-state index in [0.29, 0.717) is 5.69 Å². The molecule has 0 aliphatic carbocycles. The monoisotopic (exact) mass is 365 g/mol. The highest BCUT2D eigenvalue weighted by atomic mass is 32.2. The van der Waals surface area contributed by atoms with E-state index in [-0.39, 0.29) is 10.6 Å². The molecule has 0 saturated heterocycles. The number of primary sulfonamides is 1. The number of hydrogen-bond donors (Lipinski definition) is 2. The highest BCUT2D eigenvalue weighted by Crippen LogP contribution is 2.26. The Bertz CT molecular complexity index is 947. The first-order chi connectivity index (χ1) is 10.9. The number of carbonyl (C=O) groups is 1. The van der Waals surface area contributed by atoms with Gasteiger partial charge in [0.05, 0.1) is 4.90 Å². The molecule has 1 aromatic carbocycles. The van der Waals surface area contributed by atoms with E-state index < -0.39 is 15.9 Å². The second-order valence-corrected chi connectivity index (χ2v) is 7.78. The molecule has 0 radical (unpaired) electrons. The molecule has 23 heavy (non-hydrogen) atoms. The van der Waals surface area contributed by atoms with Crippen molar-refractivity contribution in [1.82, 2.24) is 4.98 Å². The van der Waals surface area contributed by atoms with Crippen molar-refractivity contribution in [3.05, 3.63) is 52.2 Å². The van der Waals surface area contributed by atoms with Crippen LogP contribution in [-0.2, 0) is 10.0 Å². The number of nitrogens with two attached hydrogens (primary N) is 1. The van der Waals surface area contributed by atoms with Crippen molar-refractivity contribution < 1.29 is 13.2 Å². The number of thiophene rings is 1. The van der Waals surface area contributed by atoms with Gasteiger partial charge in [0.15, 0.2) is 0 Å². The molecule has 0 spiro atoms. The van der Waals surface area contributed by atoms with Gasteiger partial charge in [0.1, 0.15) is 10.7 Å². The van der Waals surface area contributed by atoms with E-state index in [2.05, 4.69) is 10.3 Å². The van der Waals surface area contributed by atoms with Crippen LogP contribution in [0, 0.1) is 0 Å². The molecule has 0 aliphatic heterocycles. The third kappa shape index (κ3) is 3.64. The van der Waals surface area contributed by atoms with Gasteiger partial charge in [-0.05, 0) is 29.6 Å². The summed E-state index contributed by atoms with van der Waals surface area (Å²) < 4.78 is 22.7. The number of thiazole rings is 1. The second-order valence-electron chi connectivity index (χ2n) is 4.58. The maximum atomic E-state index is 12.2. The Kier molecular flexibility index (Phi) is 4.26. The summed E-state index contributed by atoms with van der Waals surface area (Å²) in [6, 6.07) is 7.69. The predicted molar refractivity (Wildman–Crippen MR) is 91.2 cm³/mol. The predicted octanol–water partition coefficient (Wildman–Crippen LogP) is 2.77. The van der Waals surface area contributed by atoms with Crippen LogP contribution >= 0.6 is 22.7 Å². The van der Waals surface area contributed by atoms with Crippen LogP contribution < -0.4 is 10.5 Å². The van der Waals surface area contributed by atoms with E-state index >= 15 is 0 Å². The van der Waals surface area contributed by atoms with Crippen molar-refractivity contribution in [3.63, 3.8) is 0 Å². The van der Waals surface area contributed by atoms with E-state index in [1.54, 1.807) is 22.8 Å². The van der Waals surface area contributed by atoms with Crippen LogP contribution in [0.5, 0.6) is 0 Å². The Labute approximate surface area is 140 Å². The van der Waals surface area contributed by atoms with Gasteiger partial charge in [-0.1, -0.05) is 6.07 Å². The summed E-state index contributed by atoms with van der Waals surface area (Å²) >= 11 is 2.93. The standard InChI is InChI=1S/C14H11N3O3S3/c15-23(19,20)11-3-1-2-10(6-11)16-13(18)12-8-22-14(17-12)9-4-5-21-7-9/h1-8H,(H,16,18)(H2,15,19,20). The molecule has 0 fully saturated rings. The van der Waals surface area contributed by atoms with Gasteiger partial charge in [-0.2, -0.15) is 11.3 Å². The Morgan fingerprint density at radius 1 is 1.22 bits per heavy atom. The van der Waals surface area contributed by atoms with Crippen LogP contribution in [0.4, 0.5) is 5.69 Å². The molecule has 0 atom stereocenters. The van der Waals surface area contributed by atoms with Gasteiger partial charge in [-0.3, -0.25) is 4.79 Å². The van der Waals surface area contributed by atoms with E-state index in [1.165, 1.54) is 29.5 Å². The lowest BCUT2D eigenvalue weighted by Crippen LogP contribution is -2.15. The fraction of sp³-hybridized carbons (Fsp3) is 0. The smallest absolute Gasteiger partial charge is 0.275 e. The summed E-state index contributed by atoms with van der Waals surface area (Å²) in [7, 11) is -3.81. The number of amides is 1. The summed E-state index contributed by atoms with van der Waals surface area (Å²) in [5.74, 6) is -0.408. The lowest BCUT2D eigenvalue weighted by molar-refractivity contribution is 0.102. The van der Waals surface area contributed by atoms with Crippen LogP contribution in [0.1, 0.15) is 10.5 Å². The molecule has 3 rings (SSSR count). The van der Waals surface area contributed by atoms with Crippen LogP contribution in [0.15, 0.2) is 51.4 Å². The highest BCUT2D eigenvalue weighted by Gasteiger charge is 2.14. The maximum Gasteiger partial charge on any atom is 0.275 e. The molecule has 3 N–H and O–H groups in total. The number of carbonyl (C=O) groups excluding carboxylic acids is 1. The fourth-order valence-corrected chi connectivity index (χ4v) is 3.91. The number of hydrogen-bond acceptors (Lipinski definition) is 6. The maximum absolute atomic E-state index is 12.2. The Morgan fingerprint density at radius 3 is 2.74 bits per heavy atom. The lowest BCUT2D eigenvalue weighted by atomic mass is 10.3. The van der Waals surface area contributed by atoms with Crippen LogP contribution in [-0.4, -0.2) is 19.3 Å². The zero-order chi connectivity index (χ0) is 16.4. The minimum absolute atomic E-state index is 0.0625. The van der Waals surface area contributed by atoms with E-state index in [9.17, 15) is 13.2 Å². The van der Waals surface area contributed by atoms with E-state index in [4.69, 9.17) is 5.14 Å². The van der Waals surface area contributed by atoms with Gasteiger partial charge in [-0.25, -0.2) is 18.5 Å². The van der Waals surface area contributed by atoms with Gasteiger partial charge < -0.3 is 5.32 Å². The Morgan fingerprint density at radius 2 is 2.04 bits per heavy atom. The highest BCUT2D eigenvalue weighted by molar-refractivity contribution is 7.89. The molecular formula is C14H11N3O3S3. The SMILES string of the molecule is NS(=O)(=O)c1cccc(NC(=O)c2csc(-c3ccsc3)n2)c1. The summed E-state index contributed by atoms with van der Waals surface area (Å²) in [4.78, 5) is 16.4. The molecule has 1 amide bonds. The topological polar surface area (TPSA) is 102 Å². The first-order valence-corrected chi connectivity index (χ1v) is 9.73. The molecular weight excluding hydrogens is 354 g/mol. The molecule has 0 unspecified atom stereocenters. The molecule has 0 aliphatic rings. The lowest BCUT2D eigenvalue weighted by Gasteiger charge is -2.05. The number of benzene rings is 1. The molecule has 2 heterocycles. The minimum Gasteiger partial charge on any atom is -0.321 e. The molecule has 0 bridgehead atoms.